The molecule has 0 aliphatic heterocycles. The third-order valence-corrected chi connectivity index (χ3v) is 3.07. The summed E-state index contributed by atoms with van der Waals surface area (Å²) in [7, 11) is 0. The summed E-state index contributed by atoms with van der Waals surface area (Å²) in [6, 6.07) is 6.35. The van der Waals surface area contributed by atoms with Gasteiger partial charge in [0.25, 0.3) is 0 Å². The van der Waals surface area contributed by atoms with Crippen LogP contribution in [0.5, 0.6) is 0 Å². The molecule has 2 N–H and O–H groups in total. The highest BCUT2D eigenvalue weighted by atomic mass is 19.1. The minimum atomic E-state index is -0.513. The van der Waals surface area contributed by atoms with Gasteiger partial charge < -0.3 is 10.4 Å². The number of nitrogens with zero attached hydrogens (tertiary/aromatic N) is 1. The normalized spacial score (nSPS) is 16.6. The summed E-state index contributed by atoms with van der Waals surface area (Å²) >= 11 is 0. The third kappa shape index (κ3) is 2.00. The Morgan fingerprint density at radius 3 is 2.81 bits per heavy atom. The van der Waals surface area contributed by atoms with E-state index in [1.807, 2.05) is 6.07 Å². The van der Waals surface area contributed by atoms with Crippen LogP contribution >= 0.6 is 0 Å². The van der Waals surface area contributed by atoms with Gasteiger partial charge in [-0.25, -0.2) is 4.39 Å². The van der Waals surface area contributed by atoms with Gasteiger partial charge in [0.15, 0.2) is 0 Å². The lowest BCUT2D eigenvalue weighted by molar-refractivity contribution is 0.220. The molecule has 1 saturated carbocycles. The monoisotopic (exact) mass is 220 g/mol. The van der Waals surface area contributed by atoms with Gasteiger partial charge in [-0.1, -0.05) is 6.07 Å². The van der Waals surface area contributed by atoms with Crippen molar-refractivity contribution in [2.45, 2.75) is 12.8 Å². The molecule has 0 bridgehead atoms. The molecule has 0 spiro atoms. The zero-order chi connectivity index (χ0) is 11.6. The molecule has 4 heteroatoms. The molecule has 1 aliphatic carbocycles. The summed E-state index contributed by atoms with van der Waals surface area (Å²) in [5.74, 6) is -0.513. The molecule has 3 nitrogen and oxygen atoms in total. The number of benzene rings is 1. The quantitative estimate of drug-likeness (QED) is 0.814. The van der Waals surface area contributed by atoms with Crippen LogP contribution in [-0.2, 0) is 0 Å². The van der Waals surface area contributed by atoms with E-state index in [0.717, 1.165) is 12.8 Å². The largest absolute Gasteiger partial charge is 0.396 e. The molecule has 0 radical (unpaired) electrons. The van der Waals surface area contributed by atoms with Gasteiger partial charge in [-0.15, -0.1) is 0 Å². The van der Waals surface area contributed by atoms with Crippen molar-refractivity contribution in [3.8, 4) is 6.07 Å². The lowest BCUT2D eigenvalue weighted by Crippen LogP contribution is -2.19. The van der Waals surface area contributed by atoms with Gasteiger partial charge >= 0.3 is 0 Å². The van der Waals surface area contributed by atoms with E-state index in [0.29, 0.717) is 12.2 Å². The average molecular weight is 220 g/mol. The van der Waals surface area contributed by atoms with E-state index < -0.39 is 5.82 Å². The van der Waals surface area contributed by atoms with Crippen molar-refractivity contribution in [1.82, 2.24) is 0 Å². The molecule has 84 valence electrons. The predicted molar refractivity (Wildman–Crippen MR) is 58.4 cm³/mol. The first-order valence-corrected chi connectivity index (χ1v) is 5.24. The molecule has 0 atom stereocenters. The lowest BCUT2D eigenvalue weighted by Gasteiger charge is -2.14. The standard InChI is InChI=1S/C12H13FN2O/c13-10-2-1-3-11(9(10)6-14)15-7-12(8-16)4-5-12/h1-3,15-16H,4-5,7-8H2. The molecule has 1 aromatic carbocycles. The Kier molecular flexibility index (Phi) is 2.80. The molecule has 0 aromatic heterocycles. The fourth-order valence-corrected chi connectivity index (χ4v) is 1.64. The van der Waals surface area contributed by atoms with Gasteiger partial charge in [-0.3, -0.25) is 0 Å². The van der Waals surface area contributed by atoms with Crippen molar-refractivity contribution >= 4 is 5.69 Å². The van der Waals surface area contributed by atoms with E-state index in [9.17, 15) is 4.39 Å². The van der Waals surface area contributed by atoms with E-state index >= 15 is 0 Å². The summed E-state index contributed by atoms with van der Waals surface area (Å²) in [4.78, 5) is 0. The van der Waals surface area contributed by atoms with Crippen LogP contribution in [0.15, 0.2) is 18.2 Å². The van der Waals surface area contributed by atoms with Crippen LogP contribution in [0.3, 0.4) is 0 Å². The molecule has 0 heterocycles. The van der Waals surface area contributed by atoms with Crippen LogP contribution in [0.1, 0.15) is 18.4 Å². The highest BCUT2D eigenvalue weighted by Gasteiger charge is 2.41. The van der Waals surface area contributed by atoms with E-state index in [2.05, 4.69) is 5.32 Å². The maximum Gasteiger partial charge on any atom is 0.143 e. The van der Waals surface area contributed by atoms with Crippen LogP contribution < -0.4 is 5.32 Å². The van der Waals surface area contributed by atoms with E-state index in [-0.39, 0.29) is 17.6 Å². The van der Waals surface area contributed by atoms with Gasteiger partial charge in [0, 0.05) is 12.0 Å². The number of anilines is 1. The van der Waals surface area contributed by atoms with Gasteiger partial charge in [0.05, 0.1) is 12.3 Å². The van der Waals surface area contributed by atoms with E-state index in [1.54, 1.807) is 12.1 Å². The van der Waals surface area contributed by atoms with Crippen LogP contribution in [-0.4, -0.2) is 18.3 Å². The molecule has 16 heavy (non-hydrogen) atoms. The van der Waals surface area contributed by atoms with Crippen LogP contribution in [0.2, 0.25) is 0 Å². The Balaban J connectivity index is 2.10. The topological polar surface area (TPSA) is 56.0 Å². The molecule has 0 saturated heterocycles. The number of aliphatic hydroxyl groups excluding tert-OH is 1. The number of rotatable bonds is 4. The third-order valence-electron chi connectivity index (χ3n) is 3.07. The second kappa shape index (κ2) is 4.11. The Labute approximate surface area is 93.5 Å². The smallest absolute Gasteiger partial charge is 0.143 e. The van der Waals surface area contributed by atoms with Crippen molar-refractivity contribution in [2.24, 2.45) is 5.41 Å². The molecule has 0 amide bonds. The average Bonchev–Trinajstić information content (AvgIpc) is 3.07. The molecular formula is C12H13FN2O. The van der Waals surface area contributed by atoms with E-state index in [4.69, 9.17) is 10.4 Å². The van der Waals surface area contributed by atoms with Gasteiger partial charge in [0.1, 0.15) is 17.4 Å². The molecule has 1 fully saturated rings. The second-order valence-electron chi connectivity index (χ2n) is 4.29. The lowest BCUT2D eigenvalue weighted by atomic mass is 10.1. The van der Waals surface area contributed by atoms with Crippen molar-refractivity contribution in [3.05, 3.63) is 29.6 Å². The first kappa shape index (κ1) is 10.9. The van der Waals surface area contributed by atoms with Gasteiger partial charge in [-0.05, 0) is 25.0 Å². The highest BCUT2D eigenvalue weighted by molar-refractivity contribution is 5.58. The molecule has 1 aromatic rings. The number of halogens is 1. The zero-order valence-electron chi connectivity index (χ0n) is 8.83. The van der Waals surface area contributed by atoms with Crippen molar-refractivity contribution in [1.29, 1.82) is 5.26 Å². The summed E-state index contributed by atoms with van der Waals surface area (Å²) in [5.41, 5.74) is 0.484. The fourth-order valence-electron chi connectivity index (χ4n) is 1.64. The van der Waals surface area contributed by atoms with Gasteiger partial charge in [-0.2, -0.15) is 5.26 Å². The predicted octanol–water partition coefficient (Wildman–Crippen LogP) is 1.88. The van der Waals surface area contributed by atoms with Crippen molar-refractivity contribution in [3.63, 3.8) is 0 Å². The molecule has 1 aliphatic rings. The second-order valence-corrected chi connectivity index (χ2v) is 4.29. The minimum absolute atomic E-state index is 0.0382. The number of hydrogen-bond donors (Lipinski definition) is 2. The summed E-state index contributed by atoms with van der Waals surface area (Å²) < 4.78 is 13.3. The Morgan fingerprint density at radius 2 is 2.25 bits per heavy atom. The van der Waals surface area contributed by atoms with Crippen molar-refractivity contribution in [2.75, 3.05) is 18.5 Å². The Morgan fingerprint density at radius 1 is 1.50 bits per heavy atom. The summed E-state index contributed by atoms with van der Waals surface area (Å²) in [5, 5.41) is 21.0. The Bertz CT molecular complexity index is 435. The van der Waals surface area contributed by atoms with Crippen LogP contribution in [0, 0.1) is 22.6 Å². The first-order valence-electron chi connectivity index (χ1n) is 5.24. The van der Waals surface area contributed by atoms with Crippen molar-refractivity contribution < 1.29 is 9.50 Å². The van der Waals surface area contributed by atoms with Crippen LogP contribution in [0.4, 0.5) is 10.1 Å². The highest BCUT2D eigenvalue weighted by Crippen LogP contribution is 2.45. The summed E-state index contributed by atoms with van der Waals surface area (Å²) in [6.45, 7) is 0.721. The zero-order valence-corrected chi connectivity index (χ0v) is 8.83. The minimum Gasteiger partial charge on any atom is -0.396 e. The fraction of sp³-hybridized carbons (Fsp3) is 0.417. The molecule has 0 unspecified atom stereocenters. The number of nitriles is 1. The summed E-state index contributed by atoms with van der Waals surface area (Å²) in [6.07, 6.45) is 1.96. The number of hydrogen-bond acceptors (Lipinski definition) is 3. The van der Waals surface area contributed by atoms with Crippen LogP contribution in [0.25, 0.3) is 0 Å². The SMILES string of the molecule is N#Cc1c(F)cccc1NCC1(CO)CC1. The number of aliphatic hydroxyl groups is 1. The first-order chi connectivity index (χ1) is 7.71. The Hall–Kier alpha value is -1.60. The molecular weight excluding hydrogens is 207 g/mol. The van der Waals surface area contributed by atoms with Gasteiger partial charge in [0.2, 0.25) is 0 Å². The van der Waals surface area contributed by atoms with E-state index in [1.165, 1.54) is 6.07 Å². The maximum absolute atomic E-state index is 13.3. The maximum atomic E-state index is 13.3. The number of nitrogens with one attached hydrogen (secondary N) is 1. The molecule has 2 rings (SSSR count).